The molecule has 0 aliphatic rings. The minimum atomic E-state index is -0.916. The zero-order valence-corrected chi connectivity index (χ0v) is 14.4. The molecule has 3 N–H and O–H groups in total. The molecule has 0 aromatic heterocycles. The molecule has 0 spiro atoms. The normalized spacial score (nSPS) is 10.8. The van der Waals surface area contributed by atoms with Crippen LogP contribution in [0.4, 0.5) is 5.69 Å². The van der Waals surface area contributed by atoms with Gasteiger partial charge in [0.25, 0.3) is 0 Å². The highest BCUT2D eigenvalue weighted by Crippen LogP contribution is 2.22. The van der Waals surface area contributed by atoms with Crippen LogP contribution in [0.5, 0.6) is 5.75 Å². The second kappa shape index (κ2) is 10.8. The van der Waals surface area contributed by atoms with E-state index in [1.165, 1.54) is 14.2 Å². The number of nitrogens with zero attached hydrogens (tertiary/aromatic N) is 1. The van der Waals surface area contributed by atoms with Crippen molar-refractivity contribution in [2.24, 2.45) is 5.10 Å². The Bertz CT molecular complexity index is 645. The summed E-state index contributed by atoms with van der Waals surface area (Å²) in [6, 6.07) is 6.98. The lowest BCUT2D eigenvalue weighted by atomic mass is 10.2. The van der Waals surface area contributed by atoms with E-state index in [1.54, 1.807) is 31.2 Å². The Labute approximate surface area is 145 Å². The molecule has 0 atom stereocenters. The van der Waals surface area contributed by atoms with Gasteiger partial charge in [-0.25, -0.2) is 5.43 Å². The summed E-state index contributed by atoms with van der Waals surface area (Å²) in [5.74, 6) is -1.54. The third kappa shape index (κ3) is 7.44. The van der Waals surface area contributed by atoms with Crippen molar-refractivity contribution >= 4 is 29.1 Å². The van der Waals surface area contributed by atoms with Crippen molar-refractivity contribution in [2.45, 2.75) is 13.3 Å². The van der Waals surface area contributed by atoms with Crippen LogP contribution >= 0.6 is 0 Å². The quantitative estimate of drug-likeness (QED) is 0.269. The number of para-hydroxylation sites is 2. The molecule has 0 saturated carbocycles. The van der Waals surface area contributed by atoms with Crippen LogP contribution in [-0.4, -0.2) is 50.8 Å². The summed E-state index contributed by atoms with van der Waals surface area (Å²) in [7, 11) is 2.99. The molecule has 3 amide bonds. The number of benzene rings is 1. The summed E-state index contributed by atoms with van der Waals surface area (Å²) in [6.45, 7) is 2.07. The van der Waals surface area contributed by atoms with Crippen LogP contribution in [-0.2, 0) is 19.1 Å². The Morgan fingerprint density at radius 1 is 1.12 bits per heavy atom. The van der Waals surface area contributed by atoms with E-state index in [-0.39, 0.29) is 18.9 Å². The number of anilines is 1. The Morgan fingerprint density at radius 3 is 2.52 bits per heavy atom. The molecule has 0 radical (unpaired) electrons. The standard InChI is InChI=1S/C16H22N4O5/c1-11(19-20-16(23)15(22)17-8-9-24-2)10-14(21)18-12-6-4-5-7-13(12)25-3/h4-7H,8-10H2,1-3H3,(H,17,22)(H,18,21)(H,20,23)/b19-11-. The van der Waals surface area contributed by atoms with Gasteiger partial charge in [-0.05, 0) is 19.1 Å². The van der Waals surface area contributed by atoms with Crippen molar-refractivity contribution in [1.29, 1.82) is 0 Å². The van der Waals surface area contributed by atoms with Gasteiger partial charge >= 0.3 is 11.8 Å². The number of amides is 3. The van der Waals surface area contributed by atoms with E-state index in [9.17, 15) is 14.4 Å². The summed E-state index contributed by atoms with van der Waals surface area (Å²) >= 11 is 0. The van der Waals surface area contributed by atoms with E-state index in [4.69, 9.17) is 9.47 Å². The SMILES string of the molecule is COCCNC(=O)C(=O)N/N=C(/C)CC(=O)Nc1ccccc1OC. The Balaban J connectivity index is 2.47. The maximum atomic E-state index is 12.0. The lowest BCUT2D eigenvalue weighted by Crippen LogP contribution is -2.39. The summed E-state index contributed by atoms with van der Waals surface area (Å²) in [5.41, 5.74) is 2.96. The molecule has 25 heavy (non-hydrogen) atoms. The average molecular weight is 350 g/mol. The first-order valence-corrected chi connectivity index (χ1v) is 7.51. The second-order valence-corrected chi connectivity index (χ2v) is 4.96. The van der Waals surface area contributed by atoms with Crippen LogP contribution in [0.25, 0.3) is 0 Å². The van der Waals surface area contributed by atoms with Gasteiger partial charge in [-0.2, -0.15) is 5.10 Å². The molecule has 1 rings (SSSR count). The number of hydrogen-bond acceptors (Lipinski definition) is 6. The van der Waals surface area contributed by atoms with E-state index in [1.807, 2.05) is 0 Å². The van der Waals surface area contributed by atoms with Crippen LogP contribution < -0.4 is 20.8 Å². The predicted octanol–water partition coefficient (Wildman–Crippen LogP) is 0.279. The van der Waals surface area contributed by atoms with Gasteiger partial charge in [0.1, 0.15) is 5.75 Å². The number of rotatable bonds is 8. The number of methoxy groups -OCH3 is 2. The molecule has 1 aromatic carbocycles. The molecule has 9 heteroatoms. The van der Waals surface area contributed by atoms with Gasteiger partial charge in [0, 0.05) is 19.4 Å². The summed E-state index contributed by atoms with van der Waals surface area (Å²) in [5, 5.41) is 8.77. The first-order valence-electron chi connectivity index (χ1n) is 7.51. The molecule has 136 valence electrons. The van der Waals surface area contributed by atoms with Gasteiger partial charge in [-0.1, -0.05) is 12.1 Å². The number of carbonyl (C=O) groups excluding carboxylic acids is 3. The Kier molecular flexibility index (Phi) is 8.66. The molecular weight excluding hydrogens is 328 g/mol. The second-order valence-electron chi connectivity index (χ2n) is 4.96. The fourth-order valence-electron chi connectivity index (χ4n) is 1.76. The van der Waals surface area contributed by atoms with Crippen LogP contribution in [0.1, 0.15) is 13.3 Å². The molecule has 1 aromatic rings. The number of nitrogens with one attached hydrogen (secondary N) is 3. The van der Waals surface area contributed by atoms with Crippen molar-refractivity contribution in [3.63, 3.8) is 0 Å². The van der Waals surface area contributed by atoms with Crippen molar-refractivity contribution in [3.05, 3.63) is 24.3 Å². The Hall–Kier alpha value is -2.94. The zero-order chi connectivity index (χ0) is 18.7. The Morgan fingerprint density at radius 2 is 1.84 bits per heavy atom. The highest BCUT2D eigenvalue weighted by molar-refractivity contribution is 6.35. The lowest BCUT2D eigenvalue weighted by molar-refractivity contribution is -0.139. The number of ether oxygens (including phenoxy) is 2. The number of carbonyl (C=O) groups is 3. The smallest absolute Gasteiger partial charge is 0.329 e. The van der Waals surface area contributed by atoms with Gasteiger partial charge in [0.05, 0.1) is 25.8 Å². The molecule has 0 aliphatic heterocycles. The maximum absolute atomic E-state index is 12.0. The fraction of sp³-hybridized carbons (Fsp3) is 0.375. The van der Waals surface area contributed by atoms with Gasteiger partial charge in [-0.15, -0.1) is 0 Å². The fourth-order valence-corrected chi connectivity index (χ4v) is 1.76. The minimum absolute atomic E-state index is 0.0520. The first kappa shape index (κ1) is 20.1. The van der Waals surface area contributed by atoms with Crippen LogP contribution in [0.2, 0.25) is 0 Å². The molecule has 0 aliphatic carbocycles. The van der Waals surface area contributed by atoms with Crippen molar-refractivity contribution in [1.82, 2.24) is 10.7 Å². The maximum Gasteiger partial charge on any atom is 0.329 e. The number of hydrazone groups is 1. The van der Waals surface area contributed by atoms with E-state index < -0.39 is 11.8 Å². The lowest BCUT2D eigenvalue weighted by Gasteiger charge is -2.09. The average Bonchev–Trinajstić information content (AvgIpc) is 2.60. The van der Waals surface area contributed by atoms with E-state index in [2.05, 4.69) is 21.2 Å². The first-order chi connectivity index (χ1) is 12.0. The van der Waals surface area contributed by atoms with Crippen molar-refractivity contribution in [2.75, 3.05) is 32.7 Å². The molecule has 0 bridgehead atoms. The van der Waals surface area contributed by atoms with Crippen LogP contribution in [0.3, 0.4) is 0 Å². The molecular formula is C16H22N4O5. The van der Waals surface area contributed by atoms with E-state index in [0.717, 1.165) is 0 Å². The predicted molar refractivity (Wildman–Crippen MR) is 92.4 cm³/mol. The van der Waals surface area contributed by atoms with Crippen molar-refractivity contribution < 1.29 is 23.9 Å². The monoisotopic (exact) mass is 350 g/mol. The van der Waals surface area contributed by atoms with Gasteiger partial charge in [0.15, 0.2) is 0 Å². The van der Waals surface area contributed by atoms with E-state index in [0.29, 0.717) is 23.8 Å². The third-order valence-corrected chi connectivity index (χ3v) is 2.94. The van der Waals surface area contributed by atoms with Gasteiger partial charge in [0.2, 0.25) is 5.91 Å². The van der Waals surface area contributed by atoms with Crippen molar-refractivity contribution in [3.8, 4) is 5.75 Å². The zero-order valence-electron chi connectivity index (χ0n) is 14.4. The summed E-state index contributed by atoms with van der Waals surface area (Å²) < 4.78 is 9.89. The summed E-state index contributed by atoms with van der Waals surface area (Å²) in [4.78, 5) is 34.9. The molecule has 0 heterocycles. The topological polar surface area (TPSA) is 118 Å². The molecule has 0 unspecified atom stereocenters. The molecule has 9 nitrogen and oxygen atoms in total. The third-order valence-electron chi connectivity index (χ3n) is 2.94. The van der Waals surface area contributed by atoms with E-state index >= 15 is 0 Å². The van der Waals surface area contributed by atoms with Crippen LogP contribution in [0, 0.1) is 0 Å². The van der Waals surface area contributed by atoms with Gasteiger partial charge < -0.3 is 20.1 Å². The minimum Gasteiger partial charge on any atom is -0.495 e. The number of hydrogen-bond donors (Lipinski definition) is 3. The largest absolute Gasteiger partial charge is 0.495 e. The molecule has 0 fully saturated rings. The highest BCUT2D eigenvalue weighted by Gasteiger charge is 2.13. The van der Waals surface area contributed by atoms with Gasteiger partial charge in [-0.3, -0.25) is 14.4 Å². The highest BCUT2D eigenvalue weighted by atomic mass is 16.5. The molecule has 0 saturated heterocycles. The summed E-state index contributed by atoms with van der Waals surface area (Å²) in [6.07, 6.45) is -0.0520. The van der Waals surface area contributed by atoms with Crippen LogP contribution in [0.15, 0.2) is 29.4 Å².